The smallest absolute Gasteiger partial charge is 0.0412 e. The first kappa shape index (κ1) is 9.89. The van der Waals surface area contributed by atoms with E-state index in [1.165, 1.54) is 0 Å². The topological polar surface area (TPSA) is 12.4 Å². The Hall–Kier alpha value is -0.110. The number of halogens is 1. The average Bonchev–Trinajstić information content (AvgIpc) is 1.87. The number of nitrogens with zero attached hydrogens (tertiary/aromatic N) is 1. The quantitative estimate of drug-likeness (QED) is 0.626. The summed E-state index contributed by atoms with van der Waals surface area (Å²) >= 11 is 3.34. The molecule has 10 heavy (non-hydrogen) atoms. The zero-order valence-electron chi connectivity index (χ0n) is 6.76. The number of allylic oxidation sites excluding steroid dienone is 2. The van der Waals surface area contributed by atoms with Crippen molar-refractivity contribution in [2.24, 2.45) is 10.9 Å². The van der Waals surface area contributed by atoms with Gasteiger partial charge in [-0.25, -0.2) is 0 Å². The van der Waals surface area contributed by atoms with Gasteiger partial charge in [-0.05, 0) is 28.8 Å². The van der Waals surface area contributed by atoms with Crippen molar-refractivity contribution in [2.45, 2.75) is 20.8 Å². The van der Waals surface area contributed by atoms with Crippen molar-refractivity contribution >= 4 is 22.1 Å². The van der Waals surface area contributed by atoms with Crippen LogP contribution in [0.15, 0.2) is 15.6 Å². The third kappa shape index (κ3) is 6.02. The van der Waals surface area contributed by atoms with Gasteiger partial charge in [-0.1, -0.05) is 19.9 Å². The first-order chi connectivity index (χ1) is 4.66. The third-order valence-electron chi connectivity index (χ3n) is 0.961. The second-order valence-electron chi connectivity index (χ2n) is 2.56. The van der Waals surface area contributed by atoms with Crippen LogP contribution in [0.5, 0.6) is 0 Å². The predicted octanol–water partition coefficient (Wildman–Crippen LogP) is 3.01. The van der Waals surface area contributed by atoms with Crippen molar-refractivity contribution in [1.29, 1.82) is 0 Å². The van der Waals surface area contributed by atoms with Gasteiger partial charge in [-0.15, -0.1) is 0 Å². The first-order valence-corrected chi connectivity index (χ1v) is 4.27. The van der Waals surface area contributed by atoms with Gasteiger partial charge in [-0.3, -0.25) is 4.99 Å². The summed E-state index contributed by atoms with van der Waals surface area (Å²) in [7, 11) is 0. The average molecular weight is 204 g/mol. The van der Waals surface area contributed by atoms with Crippen LogP contribution in [-0.4, -0.2) is 12.8 Å². The lowest BCUT2D eigenvalue weighted by Crippen LogP contribution is -1.91. The van der Waals surface area contributed by atoms with E-state index in [0.717, 1.165) is 11.0 Å². The molecule has 0 aliphatic rings. The number of hydrogen-bond donors (Lipinski definition) is 0. The van der Waals surface area contributed by atoms with Crippen LogP contribution in [0.25, 0.3) is 0 Å². The fourth-order valence-corrected chi connectivity index (χ4v) is 0.570. The molecule has 0 bridgehead atoms. The van der Waals surface area contributed by atoms with Crippen LogP contribution in [0.4, 0.5) is 0 Å². The largest absolute Gasteiger partial charge is 0.292 e. The normalized spacial score (nSPS) is 13.5. The highest BCUT2D eigenvalue weighted by atomic mass is 79.9. The number of hydrogen-bond acceptors (Lipinski definition) is 1. The molecule has 0 radical (unpaired) electrons. The van der Waals surface area contributed by atoms with Crippen molar-refractivity contribution in [3.63, 3.8) is 0 Å². The molecule has 0 unspecified atom stereocenters. The van der Waals surface area contributed by atoms with Gasteiger partial charge in [0.15, 0.2) is 0 Å². The minimum absolute atomic E-state index is 0.647. The van der Waals surface area contributed by atoms with E-state index < -0.39 is 0 Å². The molecule has 0 aliphatic heterocycles. The van der Waals surface area contributed by atoms with Crippen molar-refractivity contribution < 1.29 is 0 Å². The third-order valence-corrected chi connectivity index (χ3v) is 1.62. The molecule has 0 heterocycles. The SMILES string of the molecule is C/C=C(/Br)C=NCC(C)C. The summed E-state index contributed by atoms with van der Waals surface area (Å²) in [5.74, 6) is 0.647. The fourth-order valence-electron chi connectivity index (χ4n) is 0.425. The Labute approximate surface area is 71.4 Å². The minimum atomic E-state index is 0.647. The maximum absolute atomic E-state index is 4.20. The summed E-state index contributed by atoms with van der Waals surface area (Å²) in [6.07, 6.45) is 3.82. The summed E-state index contributed by atoms with van der Waals surface area (Å²) in [6, 6.07) is 0. The molecule has 58 valence electrons. The van der Waals surface area contributed by atoms with Crippen LogP contribution >= 0.6 is 15.9 Å². The van der Waals surface area contributed by atoms with Gasteiger partial charge in [-0.2, -0.15) is 0 Å². The van der Waals surface area contributed by atoms with E-state index >= 15 is 0 Å². The van der Waals surface area contributed by atoms with E-state index in [4.69, 9.17) is 0 Å². The number of rotatable bonds is 3. The highest BCUT2D eigenvalue weighted by molar-refractivity contribution is 9.12. The second kappa shape index (κ2) is 5.66. The van der Waals surface area contributed by atoms with Crippen LogP contribution < -0.4 is 0 Å². The van der Waals surface area contributed by atoms with E-state index in [1.54, 1.807) is 0 Å². The molecule has 0 aromatic carbocycles. The maximum Gasteiger partial charge on any atom is 0.0412 e. The lowest BCUT2D eigenvalue weighted by Gasteiger charge is -1.95. The summed E-state index contributed by atoms with van der Waals surface area (Å²) in [5.41, 5.74) is 0. The molecule has 0 N–H and O–H groups in total. The summed E-state index contributed by atoms with van der Waals surface area (Å²) in [5, 5.41) is 0. The monoisotopic (exact) mass is 203 g/mol. The maximum atomic E-state index is 4.20. The van der Waals surface area contributed by atoms with Crippen molar-refractivity contribution in [3.8, 4) is 0 Å². The van der Waals surface area contributed by atoms with E-state index in [2.05, 4.69) is 34.8 Å². The Kier molecular flexibility index (Phi) is 5.60. The van der Waals surface area contributed by atoms with Gasteiger partial charge < -0.3 is 0 Å². The molecule has 0 spiro atoms. The van der Waals surface area contributed by atoms with Crippen molar-refractivity contribution in [2.75, 3.05) is 6.54 Å². The zero-order chi connectivity index (χ0) is 7.98. The first-order valence-electron chi connectivity index (χ1n) is 3.48. The highest BCUT2D eigenvalue weighted by Crippen LogP contribution is 2.00. The van der Waals surface area contributed by atoms with Crippen LogP contribution in [0, 0.1) is 5.92 Å². The molecule has 0 amide bonds. The van der Waals surface area contributed by atoms with E-state index in [-0.39, 0.29) is 0 Å². The Morgan fingerprint density at radius 1 is 1.60 bits per heavy atom. The van der Waals surface area contributed by atoms with Gasteiger partial charge >= 0.3 is 0 Å². The molecule has 0 saturated heterocycles. The molecule has 0 aliphatic carbocycles. The molecular formula is C8H14BrN. The fraction of sp³-hybridized carbons (Fsp3) is 0.625. The van der Waals surface area contributed by atoms with E-state index in [0.29, 0.717) is 5.92 Å². The van der Waals surface area contributed by atoms with Gasteiger partial charge in [0.2, 0.25) is 0 Å². The highest BCUT2D eigenvalue weighted by Gasteiger charge is 1.87. The van der Waals surface area contributed by atoms with Crippen molar-refractivity contribution in [1.82, 2.24) is 0 Å². The molecular weight excluding hydrogens is 190 g/mol. The molecule has 0 saturated carbocycles. The lowest BCUT2D eigenvalue weighted by atomic mass is 10.2. The van der Waals surface area contributed by atoms with Crippen molar-refractivity contribution in [3.05, 3.63) is 10.6 Å². The van der Waals surface area contributed by atoms with Gasteiger partial charge in [0.25, 0.3) is 0 Å². The van der Waals surface area contributed by atoms with E-state index in [9.17, 15) is 0 Å². The number of aliphatic imine (C=N–C) groups is 1. The van der Waals surface area contributed by atoms with E-state index in [1.807, 2.05) is 19.2 Å². The Bertz CT molecular complexity index is 136. The Morgan fingerprint density at radius 2 is 2.20 bits per heavy atom. The van der Waals surface area contributed by atoms with Crippen LogP contribution in [0.2, 0.25) is 0 Å². The molecule has 0 fully saturated rings. The summed E-state index contributed by atoms with van der Waals surface area (Å²) in [6.45, 7) is 7.19. The van der Waals surface area contributed by atoms with Crippen LogP contribution in [-0.2, 0) is 0 Å². The lowest BCUT2D eigenvalue weighted by molar-refractivity contribution is 0.667. The standard InChI is InChI=1S/C8H14BrN/c1-4-8(9)6-10-5-7(2)3/h4,6-7H,5H2,1-3H3/b8-4+,10-6?. The second-order valence-corrected chi connectivity index (χ2v) is 3.48. The molecule has 1 nitrogen and oxygen atoms in total. The van der Waals surface area contributed by atoms with Gasteiger partial charge in [0.05, 0.1) is 0 Å². The zero-order valence-corrected chi connectivity index (χ0v) is 8.35. The molecule has 2 heteroatoms. The van der Waals surface area contributed by atoms with Crippen LogP contribution in [0.1, 0.15) is 20.8 Å². The van der Waals surface area contributed by atoms with Gasteiger partial charge in [0, 0.05) is 17.2 Å². The van der Waals surface area contributed by atoms with Crippen LogP contribution in [0.3, 0.4) is 0 Å². The molecule has 0 aromatic rings. The van der Waals surface area contributed by atoms with Gasteiger partial charge in [0.1, 0.15) is 0 Å². The molecule has 0 atom stereocenters. The molecule has 0 aromatic heterocycles. The molecule has 0 rings (SSSR count). The Balaban J connectivity index is 3.56. The predicted molar refractivity (Wildman–Crippen MR) is 50.9 cm³/mol. The minimum Gasteiger partial charge on any atom is -0.292 e. The summed E-state index contributed by atoms with van der Waals surface area (Å²) in [4.78, 5) is 4.20. The summed E-state index contributed by atoms with van der Waals surface area (Å²) < 4.78 is 1.05. The Morgan fingerprint density at radius 3 is 2.60 bits per heavy atom.